The lowest BCUT2D eigenvalue weighted by atomic mass is 9.84. The van der Waals surface area contributed by atoms with E-state index in [-0.39, 0.29) is 17.6 Å². The molecular weight excluding hydrogens is 328 g/mol. The molecule has 136 valence electrons. The predicted octanol–water partition coefficient (Wildman–Crippen LogP) is 3.11. The van der Waals surface area contributed by atoms with Gasteiger partial charge in [-0.15, -0.1) is 0 Å². The van der Waals surface area contributed by atoms with Gasteiger partial charge in [-0.3, -0.25) is 9.69 Å². The first kappa shape index (κ1) is 15.9. The molecule has 2 N–H and O–H groups in total. The van der Waals surface area contributed by atoms with Crippen molar-refractivity contribution in [3.63, 3.8) is 0 Å². The lowest BCUT2D eigenvalue weighted by molar-refractivity contribution is -0.158. The van der Waals surface area contributed by atoms with E-state index < -0.39 is 5.72 Å². The molecule has 5 nitrogen and oxygen atoms in total. The third-order valence-corrected chi connectivity index (χ3v) is 6.21. The lowest BCUT2D eigenvalue weighted by Gasteiger charge is -2.43. The molecule has 2 aromatic carbocycles. The first-order valence-electron chi connectivity index (χ1n) is 9.69. The SMILES string of the molecule is O=C1NCCC[C@@H]2c3cc(O)c4ccccc4c3O[C@]12N1CCCCC1. The van der Waals surface area contributed by atoms with Crippen molar-refractivity contribution in [2.75, 3.05) is 19.6 Å². The van der Waals surface area contributed by atoms with Crippen LogP contribution in [0.15, 0.2) is 30.3 Å². The third-order valence-electron chi connectivity index (χ3n) is 6.21. The number of nitrogens with one attached hydrogen (secondary N) is 1. The van der Waals surface area contributed by atoms with Crippen LogP contribution in [0.2, 0.25) is 0 Å². The molecule has 5 heteroatoms. The average Bonchev–Trinajstić information content (AvgIpc) is 2.92. The summed E-state index contributed by atoms with van der Waals surface area (Å²) >= 11 is 0. The van der Waals surface area contributed by atoms with Crippen LogP contribution in [0, 0.1) is 0 Å². The molecule has 0 bridgehead atoms. The van der Waals surface area contributed by atoms with E-state index >= 15 is 0 Å². The summed E-state index contributed by atoms with van der Waals surface area (Å²) in [4.78, 5) is 15.5. The van der Waals surface area contributed by atoms with E-state index in [1.54, 1.807) is 0 Å². The summed E-state index contributed by atoms with van der Waals surface area (Å²) in [6.07, 6.45) is 5.18. The van der Waals surface area contributed by atoms with Gasteiger partial charge < -0.3 is 15.2 Å². The van der Waals surface area contributed by atoms with Gasteiger partial charge in [-0.2, -0.15) is 0 Å². The lowest BCUT2D eigenvalue weighted by Crippen LogP contribution is -2.64. The topological polar surface area (TPSA) is 61.8 Å². The summed E-state index contributed by atoms with van der Waals surface area (Å²) in [6, 6.07) is 9.56. The van der Waals surface area contributed by atoms with Gasteiger partial charge in [0.25, 0.3) is 5.91 Å². The van der Waals surface area contributed by atoms with Crippen LogP contribution in [-0.4, -0.2) is 41.3 Å². The number of ether oxygens (including phenoxy) is 1. The third kappa shape index (κ3) is 2.10. The normalized spacial score (nSPS) is 28.8. The Hall–Kier alpha value is -2.27. The number of hydrogen-bond acceptors (Lipinski definition) is 4. The quantitative estimate of drug-likeness (QED) is 0.828. The second-order valence-corrected chi connectivity index (χ2v) is 7.66. The Bertz CT molecular complexity index is 875. The van der Waals surface area contributed by atoms with Crippen molar-refractivity contribution in [2.45, 2.75) is 43.7 Å². The average molecular weight is 352 g/mol. The Balaban J connectivity index is 1.73. The number of fused-ring (bicyclic) bond motifs is 5. The van der Waals surface area contributed by atoms with Crippen molar-refractivity contribution in [1.82, 2.24) is 10.2 Å². The van der Waals surface area contributed by atoms with Gasteiger partial charge in [0.1, 0.15) is 11.5 Å². The minimum atomic E-state index is -0.976. The van der Waals surface area contributed by atoms with Gasteiger partial charge in [0.05, 0.1) is 5.92 Å². The van der Waals surface area contributed by atoms with Crippen LogP contribution in [-0.2, 0) is 4.79 Å². The van der Waals surface area contributed by atoms with Crippen LogP contribution in [0.5, 0.6) is 11.5 Å². The molecule has 5 rings (SSSR count). The molecule has 2 fully saturated rings. The zero-order valence-electron chi connectivity index (χ0n) is 14.8. The molecule has 0 aliphatic carbocycles. The largest absolute Gasteiger partial charge is 0.507 e. The minimum Gasteiger partial charge on any atom is -0.507 e. The van der Waals surface area contributed by atoms with Crippen LogP contribution in [0.1, 0.15) is 43.6 Å². The van der Waals surface area contributed by atoms with Gasteiger partial charge >= 0.3 is 0 Å². The zero-order valence-corrected chi connectivity index (χ0v) is 14.8. The Labute approximate surface area is 152 Å². The predicted molar refractivity (Wildman–Crippen MR) is 99.4 cm³/mol. The monoisotopic (exact) mass is 352 g/mol. The molecule has 0 aromatic heterocycles. The molecule has 0 spiro atoms. The van der Waals surface area contributed by atoms with Gasteiger partial charge in [0.15, 0.2) is 0 Å². The molecule has 3 aliphatic heterocycles. The van der Waals surface area contributed by atoms with Crippen LogP contribution in [0.4, 0.5) is 0 Å². The van der Waals surface area contributed by atoms with Crippen molar-refractivity contribution in [3.8, 4) is 11.5 Å². The maximum absolute atomic E-state index is 13.3. The van der Waals surface area contributed by atoms with E-state index in [1.807, 2.05) is 30.3 Å². The molecule has 0 radical (unpaired) electrons. The number of hydrogen-bond donors (Lipinski definition) is 2. The first-order chi connectivity index (χ1) is 12.7. The van der Waals surface area contributed by atoms with Gasteiger partial charge in [-0.05, 0) is 31.7 Å². The molecule has 1 amide bonds. The van der Waals surface area contributed by atoms with E-state index in [0.29, 0.717) is 6.54 Å². The van der Waals surface area contributed by atoms with Crippen molar-refractivity contribution in [3.05, 3.63) is 35.9 Å². The number of carbonyl (C=O) groups is 1. The van der Waals surface area contributed by atoms with Crippen LogP contribution in [0.25, 0.3) is 10.8 Å². The molecule has 2 atom stereocenters. The van der Waals surface area contributed by atoms with E-state index in [9.17, 15) is 9.90 Å². The van der Waals surface area contributed by atoms with E-state index in [4.69, 9.17) is 4.74 Å². The molecule has 2 saturated heterocycles. The number of likely N-dealkylation sites (tertiary alicyclic amines) is 1. The van der Waals surface area contributed by atoms with E-state index in [1.165, 1.54) is 6.42 Å². The number of rotatable bonds is 1. The Morgan fingerprint density at radius 2 is 1.88 bits per heavy atom. The summed E-state index contributed by atoms with van der Waals surface area (Å²) in [7, 11) is 0. The van der Waals surface area contributed by atoms with Crippen molar-refractivity contribution >= 4 is 16.7 Å². The standard InChI is InChI=1S/C21H24N2O3/c24-18-13-16-17-9-6-10-22-20(25)21(17,23-11-4-1-5-12-23)26-19(16)15-8-3-2-7-14(15)18/h2-3,7-8,13,17,24H,1,4-6,9-12H2,(H,22,25)/t17-,21+/m1/s1. The van der Waals surface area contributed by atoms with Crippen LogP contribution < -0.4 is 10.1 Å². The van der Waals surface area contributed by atoms with Gasteiger partial charge in [-0.1, -0.05) is 30.7 Å². The van der Waals surface area contributed by atoms with Crippen LogP contribution >= 0.6 is 0 Å². The van der Waals surface area contributed by atoms with Gasteiger partial charge in [0.2, 0.25) is 5.72 Å². The van der Waals surface area contributed by atoms with Crippen molar-refractivity contribution < 1.29 is 14.6 Å². The maximum Gasteiger partial charge on any atom is 0.280 e. The maximum atomic E-state index is 13.3. The summed E-state index contributed by atoms with van der Waals surface area (Å²) < 4.78 is 6.60. The van der Waals surface area contributed by atoms with Crippen molar-refractivity contribution in [1.29, 1.82) is 0 Å². The number of phenolic OH excluding ortho intramolecular Hbond substituents is 1. The Kier molecular flexibility index (Phi) is 3.60. The highest BCUT2D eigenvalue weighted by Gasteiger charge is 2.59. The fourth-order valence-corrected chi connectivity index (χ4v) is 5.01. The summed E-state index contributed by atoms with van der Waals surface area (Å²) in [6.45, 7) is 2.44. The minimum absolute atomic E-state index is 0.0262. The van der Waals surface area contributed by atoms with E-state index in [0.717, 1.165) is 60.9 Å². The molecule has 0 saturated carbocycles. The molecule has 3 aliphatic rings. The number of aromatic hydroxyl groups is 1. The highest BCUT2D eigenvalue weighted by atomic mass is 16.5. The fourth-order valence-electron chi connectivity index (χ4n) is 5.01. The number of nitrogens with zero attached hydrogens (tertiary/aromatic N) is 1. The fraction of sp³-hybridized carbons (Fsp3) is 0.476. The number of benzene rings is 2. The molecule has 0 unspecified atom stereocenters. The highest BCUT2D eigenvalue weighted by molar-refractivity contribution is 5.97. The Morgan fingerprint density at radius 1 is 1.12 bits per heavy atom. The number of carbonyl (C=O) groups excluding carboxylic acids is 1. The smallest absolute Gasteiger partial charge is 0.280 e. The first-order valence-corrected chi connectivity index (χ1v) is 9.69. The molecule has 3 heterocycles. The van der Waals surface area contributed by atoms with Gasteiger partial charge in [0, 0.05) is 36.0 Å². The second-order valence-electron chi connectivity index (χ2n) is 7.66. The zero-order chi connectivity index (χ0) is 17.7. The van der Waals surface area contributed by atoms with Crippen LogP contribution in [0.3, 0.4) is 0 Å². The number of piperidine rings is 1. The second kappa shape index (κ2) is 5.88. The number of phenols is 1. The van der Waals surface area contributed by atoms with Gasteiger partial charge in [-0.25, -0.2) is 0 Å². The molecule has 26 heavy (non-hydrogen) atoms. The Morgan fingerprint density at radius 3 is 2.69 bits per heavy atom. The summed E-state index contributed by atoms with van der Waals surface area (Å²) in [5.41, 5.74) is -0.000608. The summed E-state index contributed by atoms with van der Waals surface area (Å²) in [5.74, 6) is 0.961. The highest BCUT2D eigenvalue weighted by Crippen LogP contribution is 2.54. The molecule has 2 aromatic rings. The summed E-state index contributed by atoms with van der Waals surface area (Å²) in [5, 5.41) is 15.3. The van der Waals surface area contributed by atoms with Crippen molar-refractivity contribution in [2.24, 2.45) is 0 Å². The molecular formula is C21H24N2O3. The van der Waals surface area contributed by atoms with E-state index in [2.05, 4.69) is 10.2 Å². The number of amides is 1.